The number of hydrogen-bond donors (Lipinski definition) is 0. The van der Waals surface area contributed by atoms with Gasteiger partial charge in [-0.25, -0.2) is 9.37 Å². The highest BCUT2D eigenvalue weighted by atomic mass is 19.1. The van der Waals surface area contributed by atoms with Crippen LogP contribution in [0.25, 0.3) is 10.9 Å². The van der Waals surface area contributed by atoms with Crippen molar-refractivity contribution in [1.29, 1.82) is 0 Å². The standard InChI is InChI=1S/C23H24FN3O2/c1-26(2)23(28)19-13-21(25-20-6-4-3-5-18(19)20)22-15-27(11-12-29-22)14-16-7-9-17(24)10-8-16/h3-10,13,22H,11-12,14-15H2,1-2H3. The van der Waals surface area contributed by atoms with Crippen LogP contribution in [0.2, 0.25) is 0 Å². The van der Waals surface area contributed by atoms with Gasteiger partial charge in [0.25, 0.3) is 5.91 Å². The topological polar surface area (TPSA) is 45.7 Å². The van der Waals surface area contributed by atoms with Crippen LogP contribution in [-0.4, -0.2) is 54.5 Å². The summed E-state index contributed by atoms with van der Waals surface area (Å²) in [6, 6.07) is 16.1. The number of hydrogen-bond acceptors (Lipinski definition) is 4. The van der Waals surface area contributed by atoms with E-state index in [4.69, 9.17) is 9.72 Å². The minimum atomic E-state index is -0.230. The van der Waals surface area contributed by atoms with E-state index in [1.54, 1.807) is 19.0 Å². The van der Waals surface area contributed by atoms with E-state index in [2.05, 4.69) is 4.90 Å². The summed E-state index contributed by atoms with van der Waals surface area (Å²) in [5.41, 5.74) is 3.24. The van der Waals surface area contributed by atoms with Crippen molar-refractivity contribution in [2.24, 2.45) is 0 Å². The predicted octanol–water partition coefficient (Wildman–Crippen LogP) is 3.65. The second-order valence-electron chi connectivity index (χ2n) is 7.53. The molecule has 1 aliphatic heterocycles. The number of morpholine rings is 1. The molecule has 150 valence electrons. The van der Waals surface area contributed by atoms with Gasteiger partial charge in [0.1, 0.15) is 11.9 Å². The molecule has 0 radical (unpaired) electrons. The summed E-state index contributed by atoms with van der Waals surface area (Å²) in [5, 5.41) is 0.842. The second kappa shape index (κ2) is 8.27. The van der Waals surface area contributed by atoms with Crippen molar-refractivity contribution < 1.29 is 13.9 Å². The first-order valence-corrected chi connectivity index (χ1v) is 9.71. The number of nitrogens with zero attached hydrogens (tertiary/aromatic N) is 3. The van der Waals surface area contributed by atoms with Gasteiger partial charge in [-0.05, 0) is 29.8 Å². The van der Waals surface area contributed by atoms with Gasteiger partial charge in [-0.15, -0.1) is 0 Å². The molecule has 0 bridgehead atoms. The molecular weight excluding hydrogens is 369 g/mol. The number of fused-ring (bicyclic) bond motifs is 1. The third-order valence-corrected chi connectivity index (χ3v) is 5.17. The van der Waals surface area contributed by atoms with E-state index in [0.29, 0.717) is 18.7 Å². The maximum atomic E-state index is 13.2. The van der Waals surface area contributed by atoms with Crippen LogP contribution in [-0.2, 0) is 11.3 Å². The molecule has 0 saturated carbocycles. The van der Waals surface area contributed by atoms with Crippen molar-refractivity contribution in [3.8, 4) is 0 Å². The van der Waals surface area contributed by atoms with Gasteiger partial charge in [0.15, 0.2) is 0 Å². The van der Waals surface area contributed by atoms with Gasteiger partial charge in [0.2, 0.25) is 0 Å². The Morgan fingerprint density at radius 3 is 2.72 bits per heavy atom. The summed E-state index contributed by atoms with van der Waals surface area (Å²) in [6.07, 6.45) is -0.220. The first kappa shape index (κ1) is 19.5. The van der Waals surface area contributed by atoms with E-state index in [1.807, 2.05) is 42.5 Å². The number of benzene rings is 2. The van der Waals surface area contributed by atoms with E-state index >= 15 is 0 Å². The lowest BCUT2D eigenvalue weighted by Crippen LogP contribution is -2.38. The van der Waals surface area contributed by atoms with Gasteiger partial charge in [0, 0.05) is 39.1 Å². The third kappa shape index (κ3) is 4.28. The van der Waals surface area contributed by atoms with Crippen LogP contribution in [0.1, 0.15) is 27.7 Å². The van der Waals surface area contributed by atoms with Crippen molar-refractivity contribution in [1.82, 2.24) is 14.8 Å². The van der Waals surface area contributed by atoms with Gasteiger partial charge in [-0.3, -0.25) is 9.69 Å². The Morgan fingerprint density at radius 2 is 1.97 bits per heavy atom. The zero-order chi connectivity index (χ0) is 20.4. The summed E-state index contributed by atoms with van der Waals surface area (Å²) >= 11 is 0. The number of carbonyl (C=O) groups is 1. The number of halogens is 1. The minimum Gasteiger partial charge on any atom is -0.369 e. The molecule has 5 nitrogen and oxygen atoms in total. The Balaban J connectivity index is 1.61. The Hall–Kier alpha value is -2.83. The minimum absolute atomic E-state index is 0.0520. The fourth-order valence-electron chi connectivity index (χ4n) is 3.65. The Bertz CT molecular complexity index is 1020. The molecule has 1 atom stereocenters. The molecule has 1 amide bonds. The van der Waals surface area contributed by atoms with Crippen molar-refractivity contribution in [2.45, 2.75) is 12.6 Å². The highest BCUT2D eigenvalue weighted by Crippen LogP contribution is 2.27. The lowest BCUT2D eigenvalue weighted by atomic mass is 10.0. The molecule has 1 saturated heterocycles. The quantitative estimate of drug-likeness (QED) is 0.679. The van der Waals surface area contributed by atoms with Gasteiger partial charge in [0.05, 0.1) is 23.4 Å². The van der Waals surface area contributed by atoms with Crippen molar-refractivity contribution in [3.05, 3.63) is 77.2 Å². The van der Waals surface area contributed by atoms with Crippen LogP contribution in [0, 0.1) is 5.82 Å². The molecule has 1 aliphatic rings. The Kier molecular flexibility index (Phi) is 5.56. The van der Waals surface area contributed by atoms with E-state index in [-0.39, 0.29) is 17.8 Å². The number of aromatic nitrogens is 1. The lowest BCUT2D eigenvalue weighted by molar-refractivity contribution is -0.0348. The van der Waals surface area contributed by atoms with Crippen LogP contribution in [0.5, 0.6) is 0 Å². The van der Waals surface area contributed by atoms with Crippen LogP contribution >= 0.6 is 0 Å². The number of ether oxygens (including phenoxy) is 1. The highest BCUT2D eigenvalue weighted by molar-refractivity contribution is 6.06. The third-order valence-electron chi connectivity index (χ3n) is 5.17. The average molecular weight is 393 g/mol. The summed E-state index contributed by atoms with van der Waals surface area (Å²) in [4.78, 5) is 21.4. The maximum absolute atomic E-state index is 13.2. The molecule has 0 aliphatic carbocycles. The first-order chi connectivity index (χ1) is 14.0. The van der Waals surface area contributed by atoms with Crippen LogP contribution < -0.4 is 0 Å². The van der Waals surface area contributed by atoms with Gasteiger partial charge in [-0.2, -0.15) is 0 Å². The van der Waals surface area contributed by atoms with Crippen LogP contribution in [0.4, 0.5) is 4.39 Å². The van der Waals surface area contributed by atoms with E-state index in [1.165, 1.54) is 12.1 Å². The number of para-hydroxylation sites is 1. The molecule has 1 fully saturated rings. The fourth-order valence-corrected chi connectivity index (χ4v) is 3.65. The monoisotopic (exact) mass is 393 g/mol. The largest absolute Gasteiger partial charge is 0.369 e. The summed E-state index contributed by atoms with van der Waals surface area (Å²) in [6.45, 7) is 2.76. The van der Waals surface area contributed by atoms with Gasteiger partial charge in [-0.1, -0.05) is 30.3 Å². The zero-order valence-electron chi connectivity index (χ0n) is 16.6. The first-order valence-electron chi connectivity index (χ1n) is 9.71. The molecule has 2 aromatic carbocycles. The van der Waals surface area contributed by atoms with Crippen molar-refractivity contribution in [2.75, 3.05) is 33.8 Å². The lowest BCUT2D eigenvalue weighted by Gasteiger charge is -2.33. The van der Waals surface area contributed by atoms with E-state index < -0.39 is 0 Å². The Morgan fingerprint density at radius 1 is 1.21 bits per heavy atom. The van der Waals surface area contributed by atoms with Crippen molar-refractivity contribution in [3.63, 3.8) is 0 Å². The molecule has 2 heterocycles. The molecule has 0 spiro atoms. The normalized spacial score (nSPS) is 17.4. The van der Waals surface area contributed by atoms with Gasteiger partial charge >= 0.3 is 0 Å². The molecule has 1 aromatic heterocycles. The average Bonchev–Trinajstić information content (AvgIpc) is 2.74. The summed E-state index contributed by atoms with van der Waals surface area (Å²) in [7, 11) is 3.50. The Labute approximate surface area is 169 Å². The molecule has 3 aromatic rings. The predicted molar refractivity (Wildman–Crippen MR) is 110 cm³/mol. The van der Waals surface area contributed by atoms with E-state index in [9.17, 15) is 9.18 Å². The number of amides is 1. The molecular formula is C23H24FN3O2. The number of carbonyl (C=O) groups excluding carboxylic acids is 1. The highest BCUT2D eigenvalue weighted by Gasteiger charge is 2.25. The SMILES string of the molecule is CN(C)C(=O)c1cc(C2CN(Cc3ccc(F)cc3)CCO2)nc2ccccc12. The summed E-state index contributed by atoms with van der Waals surface area (Å²) in [5.74, 6) is -0.282. The molecule has 29 heavy (non-hydrogen) atoms. The molecule has 0 N–H and O–H groups in total. The number of rotatable bonds is 4. The smallest absolute Gasteiger partial charge is 0.254 e. The van der Waals surface area contributed by atoms with Crippen LogP contribution in [0.15, 0.2) is 54.6 Å². The molecule has 1 unspecified atom stereocenters. The molecule has 6 heteroatoms. The number of pyridine rings is 1. The van der Waals surface area contributed by atoms with Gasteiger partial charge < -0.3 is 9.64 Å². The molecule has 4 rings (SSSR count). The van der Waals surface area contributed by atoms with Crippen LogP contribution in [0.3, 0.4) is 0 Å². The summed E-state index contributed by atoms with van der Waals surface area (Å²) < 4.78 is 19.2. The fraction of sp³-hybridized carbons (Fsp3) is 0.304. The van der Waals surface area contributed by atoms with Crippen molar-refractivity contribution >= 4 is 16.8 Å². The second-order valence-corrected chi connectivity index (χ2v) is 7.53. The van der Waals surface area contributed by atoms with E-state index in [0.717, 1.165) is 35.2 Å². The zero-order valence-corrected chi connectivity index (χ0v) is 16.6. The maximum Gasteiger partial charge on any atom is 0.254 e.